The van der Waals surface area contributed by atoms with Crippen LogP contribution < -0.4 is 5.43 Å². The number of alkyl halides is 3. The Morgan fingerprint density at radius 2 is 1.96 bits per heavy atom. The Morgan fingerprint density at radius 3 is 2.56 bits per heavy atom. The van der Waals surface area contributed by atoms with Crippen molar-refractivity contribution in [3.8, 4) is 0 Å². The Bertz CT molecular complexity index is 762. The van der Waals surface area contributed by atoms with Crippen molar-refractivity contribution in [2.24, 2.45) is 0 Å². The van der Waals surface area contributed by atoms with Crippen molar-refractivity contribution in [1.29, 1.82) is 0 Å². The topological polar surface area (TPSA) is 65.5 Å². The molecule has 1 N–H and O–H groups in total. The van der Waals surface area contributed by atoms with Crippen LogP contribution in [0.1, 0.15) is 20.8 Å². The monoisotopic (exact) mass is 370 g/mol. The fraction of sp³-hybridized carbons (Fsp3) is 0.267. The highest BCUT2D eigenvalue weighted by Gasteiger charge is 2.32. The number of hydrogen-bond donors (Lipinski definition) is 1. The minimum Gasteiger partial charge on any atom is -0.317 e. The number of carbonyl (C=O) groups excluding carboxylic acids is 2. The molecule has 1 aliphatic rings. The third-order valence-electron chi connectivity index (χ3n) is 3.64. The first-order valence-electron chi connectivity index (χ1n) is 7.26. The summed E-state index contributed by atoms with van der Waals surface area (Å²) in [5.41, 5.74) is 3.86. The quantitative estimate of drug-likeness (QED) is 0.900. The summed E-state index contributed by atoms with van der Waals surface area (Å²) in [5.74, 6) is -0.424. The van der Waals surface area contributed by atoms with Gasteiger partial charge >= 0.3 is 12.2 Å². The van der Waals surface area contributed by atoms with Gasteiger partial charge in [0.25, 0.3) is 5.91 Å². The molecule has 1 aliphatic heterocycles. The Balaban J connectivity index is 1.59. The number of hydrogen-bond acceptors (Lipinski definition) is 4. The predicted molar refractivity (Wildman–Crippen MR) is 83.5 cm³/mol. The first kappa shape index (κ1) is 17.2. The number of rotatable bonds is 4. The third-order valence-corrected chi connectivity index (χ3v) is 4.41. The van der Waals surface area contributed by atoms with Gasteiger partial charge in [-0.1, -0.05) is 12.1 Å². The Labute approximate surface area is 144 Å². The van der Waals surface area contributed by atoms with Gasteiger partial charge in [-0.2, -0.15) is 13.2 Å². The number of thiazole rings is 1. The molecule has 1 fully saturated rings. The molecule has 2 heterocycles. The van der Waals surface area contributed by atoms with Gasteiger partial charge in [-0.3, -0.25) is 15.2 Å². The van der Waals surface area contributed by atoms with Crippen LogP contribution in [0, 0.1) is 0 Å². The standard InChI is InChI=1S/C15H13F3N4O2S/c16-15(17,18)11-3-1-10(2-4-11)8-21-5-6-22(14(21)24)20-13(23)12-7-19-9-25-12/h1-4,7,9H,5-6,8H2,(H,20,23). The molecule has 1 aromatic carbocycles. The van der Waals surface area contributed by atoms with Crippen molar-refractivity contribution < 1.29 is 22.8 Å². The van der Waals surface area contributed by atoms with Gasteiger partial charge < -0.3 is 4.90 Å². The summed E-state index contributed by atoms with van der Waals surface area (Å²) < 4.78 is 37.7. The van der Waals surface area contributed by atoms with Crippen LogP contribution >= 0.6 is 11.3 Å². The zero-order valence-electron chi connectivity index (χ0n) is 12.8. The molecular weight excluding hydrogens is 357 g/mol. The van der Waals surface area contributed by atoms with Crippen LogP contribution in [-0.4, -0.2) is 39.9 Å². The van der Waals surface area contributed by atoms with Crippen LogP contribution in [0.3, 0.4) is 0 Å². The number of nitrogens with zero attached hydrogens (tertiary/aromatic N) is 3. The molecule has 0 atom stereocenters. The summed E-state index contributed by atoms with van der Waals surface area (Å²) in [5, 5.41) is 1.19. The van der Waals surface area contributed by atoms with E-state index in [9.17, 15) is 22.8 Å². The zero-order valence-corrected chi connectivity index (χ0v) is 13.6. The number of halogens is 3. The highest BCUT2D eigenvalue weighted by atomic mass is 32.1. The first-order chi connectivity index (χ1) is 11.8. The summed E-state index contributed by atoms with van der Waals surface area (Å²) in [4.78, 5) is 29.9. The van der Waals surface area contributed by atoms with Gasteiger partial charge in [0.15, 0.2) is 0 Å². The predicted octanol–water partition coefficient (Wildman–Crippen LogP) is 2.74. The lowest BCUT2D eigenvalue weighted by atomic mass is 10.1. The van der Waals surface area contributed by atoms with E-state index < -0.39 is 23.7 Å². The number of aromatic nitrogens is 1. The SMILES string of the molecule is O=C(NN1CCN(Cc2ccc(C(F)(F)F)cc2)C1=O)c1cncs1. The van der Waals surface area contributed by atoms with Gasteiger partial charge in [0.05, 0.1) is 23.8 Å². The fourth-order valence-corrected chi connectivity index (χ4v) is 2.87. The van der Waals surface area contributed by atoms with Gasteiger partial charge in [0.2, 0.25) is 0 Å². The molecule has 25 heavy (non-hydrogen) atoms. The van der Waals surface area contributed by atoms with Crippen molar-refractivity contribution in [2.45, 2.75) is 12.7 Å². The minimum atomic E-state index is -4.39. The van der Waals surface area contributed by atoms with Crippen LogP contribution in [-0.2, 0) is 12.7 Å². The normalized spacial score (nSPS) is 14.9. The van der Waals surface area contributed by atoms with E-state index in [0.717, 1.165) is 23.5 Å². The second-order valence-corrected chi connectivity index (χ2v) is 6.24. The minimum absolute atomic E-state index is 0.171. The molecule has 0 aliphatic carbocycles. The van der Waals surface area contributed by atoms with E-state index in [4.69, 9.17) is 0 Å². The van der Waals surface area contributed by atoms with E-state index in [1.54, 1.807) is 0 Å². The maximum atomic E-state index is 12.6. The van der Waals surface area contributed by atoms with Crippen molar-refractivity contribution >= 4 is 23.3 Å². The largest absolute Gasteiger partial charge is 0.416 e. The fourth-order valence-electron chi connectivity index (χ4n) is 2.36. The number of carbonyl (C=O) groups is 2. The maximum absolute atomic E-state index is 12.6. The summed E-state index contributed by atoms with van der Waals surface area (Å²) in [6.07, 6.45) is -2.99. The summed E-state index contributed by atoms with van der Waals surface area (Å²) in [7, 11) is 0. The van der Waals surface area contributed by atoms with Crippen molar-refractivity contribution in [3.63, 3.8) is 0 Å². The molecule has 1 aromatic heterocycles. The van der Waals surface area contributed by atoms with E-state index >= 15 is 0 Å². The lowest BCUT2D eigenvalue weighted by Crippen LogP contribution is -2.44. The van der Waals surface area contributed by atoms with E-state index in [1.807, 2.05) is 0 Å². The molecule has 0 saturated carbocycles. The van der Waals surface area contributed by atoms with Crippen LogP contribution in [0.25, 0.3) is 0 Å². The second-order valence-electron chi connectivity index (χ2n) is 5.36. The van der Waals surface area contributed by atoms with E-state index in [0.29, 0.717) is 23.5 Å². The molecule has 0 radical (unpaired) electrons. The smallest absolute Gasteiger partial charge is 0.317 e. The number of hydrazine groups is 1. The maximum Gasteiger partial charge on any atom is 0.416 e. The number of amides is 3. The van der Waals surface area contributed by atoms with E-state index in [1.165, 1.54) is 33.7 Å². The molecule has 2 aromatic rings. The first-order valence-corrected chi connectivity index (χ1v) is 8.14. The molecule has 0 bridgehead atoms. The average Bonchev–Trinajstić information content (AvgIpc) is 3.20. The summed E-state index contributed by atoms with van der Waals surface area (Å²) >= 11 is 1.16. The molecule has 1 saturated heterocycles. The Kier molecular flexibility index (Phi) is 4.62. The van der Waals surface area contributed by atoms with Crippen molar-refractivity contribution in [2.75, 3.05) is 13.1 Å². The van der Waals surface area contributed by atoms with Gasteiger partial charge in [-0.25, -0.2) is 9.80 Å². The van der Waals surface area contributed by atoms with Crippen LogP contribution in [0.15, 0.2) is 36.0 Å². The third kappa shape index (κ3) is 3.90. The zero-order chi connectivity index (χ0) is 18.0. The van der Waals surface area contributed by atoms with Crippen LogP contribution in [0.2, 0.25) is 0 Å². The molecule has 10 heteroatoms. The van der Waals surface area contributed by atoms with Crippen LogP contribution in [0.5, 0.6) is 0 Å². The molecule has 3 amide bonds. The van der Waals surface area contributed by atoms with Gasteiger partial charge in [-0.15, -0.1) is 11.3 Å². The Morgan fingerprint density at radius 1 is 1.24 bits per heavy atom. The van der Waals surface area contributed by atoms with Crippen LogP contribution in [0.4, 0.5) is 18.0 Å². The number of nitrogens with one attached hydrogen (secondary N) is 1. The van der Waals surface area contributed by atoms with E-state index in [2.05, 4.69) is 10.4 Å². The number of benzene rings is 1. The summed E-state index contributed by atoms with van der Waals surface area (Å²) in [6, 6.07) is 4.25. The van der Waals surface area contributed by atoms with Gasteiger partial charge in [-0.05, 0) is 17.7 Å². The molecular formula is C15H13F3N4O2S. The highest BCUT2D eigenvalue weighted by Crippen LogP contribution is 2.29. The van der Waals surface area contributed by atoms with Crippen molar-refractivity contribution in [1.82, 2.24) is 20.3 Å². The Hall–Kier alpha value is -2.62. The lowest BCUT2D eigenvalue weighted by molar-refractivity contribution is -0.137. The van der Waals surface area contributed by atoms with Crippen molar-refractivity contribution in [3.05, 3.63) is 52.0 Å². The summed E-state index contributed by atoms with van der Waals surface area (Å²) in [6.45, 7) is 0.830. The molecule has 0 spiro atoms. The highest BCUT2D eigenvalue weighted by molar-refractivity contribution is 7.11. The molecule has 132 valence electrons. The average molecular weight is 370 g/mol. The molecule has 3 rings (SSSR count). The van der Waals surface area contributed by atoms with Gasteiger partial charge in [0.1, 0.15) is 4.88 Å². The second kappa shape index (κ2) is 6.71. The number of urea groups is 1. The molecule has 0 unspecified atom stereocenters. The van der Waals surface area contributed by atoms with E-state index in [-0.39, 0.29) is 6.54 Å². The lowest BCUT2D eigenvalue weighted by Gasteiger charge is -2.19. The molecule has 6 nitrogen and oxygen atoms in total. The van der Waals surface area contributed by atoms with Gasteiger partial charge in [0, 0.05) is 13.1 Å².